The minimum absolute atomic E-state index is 0.0204. The molecule has 268 valence electrons. The highest BCUT2D eigenvalue weighted by molar-refractivity contribution is 7.92. The number of nitrogens with zero attached hydrogens (tertiary/aromatic N) is 2. The van der Waals surface area contributed by atoms with Crippen LogP contribution in [-0.4, -0.2) is 95.8 Å². The molecule has 0 unspecified atom stereocenters. The molecule has 1 heterocycles. The maximum absolute atomic E-state index is 14.4. The number of aliphatic hydroxyl groups excluding tert-OH is 1. The number of fused-ring (bicyclic) bond motifs is 1. The summed E-state index contributed by atoms with van der Waals surface area (Å²) in [6.07, 6.45) is 1.24. The van der Waals surface area contributed by atoms with E-state index >= 15 is 0 Å². The third-order valence-electron chi connectivity index (χ3n) is 8.56. The van der Waals surface area contributed by atoms with Crippen LogP contribution >= 0.6 is 0 Å². The van der Waals surface area contributed by atoms with Crippen LogP contribution in [0.25, 0.3) is 0 Å². The normalized spacial score (nSPS) is 20.5. The molecular weight excluding hydrogens is 671 g/mol. The quantitative estimate of drug-likeness (QED) is 0.306. The number of amides is 1. The number of aliphatic hydroxyl groups is 1. The average Bonchev–Trinajstić information content (AvgIpc) is 3.09. The second-order valence-corrected chi connectivity index (χ2v) is 16.1. The van der Waals surface area contributed by atoms with Crippen LogP contribution in [-0.2, 0) is 24.8 Å². The molecule has 1 aliphatic heterocycles. The van der Waals surface area contributed by atoms with Crippen molar-refractivity contribution in [2.75, 3.05) is 45.2 Å². The van der Waals surface area contributed by atoms with Crippen LogP contribution in [0.5, 0.6) is 11.5 Å². The Labute approximate surface area is 290 Å². The summed E-state index contributed by atoms with van der Waals surface area (Å²) < 4.78 is 74.8. The van der Waals surface area contributed by atoms with E-state index in [0.717, 1.165) is 6.42 Å². The molecule has 4 atom stereocenters. The van der Waals surface area contributed by atoms with E-state index in [4.69, 9.17) is 14.2 Å². The van der Waals surface area contributed by atoms with Gasteiger partial charge >= 0.3 is 0 Å². The highest BCUT2D eigenvalue weighted by Crippen LogP contribution is 2.30. The lowest BCUT2D eigenvalue weighted by Crippen LogP contribution is -2.48. The molecular formula is C35H47N3O9S2. The number of benzene rings is 3. The molecule has 1 aliphatic rings. The van der Waals surface area contributed by atoms with Gasteiger partial charge in [0.25, 0.3) is 15.9 Å². The van der Waals surface area contributed by atoms with Gasteiger partial charge in [0.2, 0.25) is 10.0 Å². The smallest absolute Gasteiger partial charge is 0.261 e. The highest BCUT2D eigenvalue weighted by Gasteiger charge is 2.32. The third kappa shape index (κ3) is 9.73. The molecule has 0 saturated carbocycles. The number of sulfonamides is 2. The van der Waals surface area contributed by atoms with E-state index in [1.165, 1.54) is 53.7 Å². The fourth-order valence-corrected chi connectivity index (χ4v) is 7.80. The van der Waals surface area contributed by atoms with E-state index in [-0.39, 0.29) is 58.5 Å². The molecule has 0 aromatic heterocycles. The van der Waals surface area contributed by atoms with E-state index in [1.807, 2.05) is 13.8 Å². The first kappa shape index (κ1) is 38.1. The van der Waals surface area contributed by atoms with Gasteiger partial charge in [-0.2, -0.15) is 4.31 Å². The minimum atomic E-state index is -3.95. The number of anilines is 1. The maximum atomic E-state index is 14.4. The standard InChI is InChI=1S/C35H47N3O9S2/c1-25-22-38(26(2)24-39)35(40)32-21-28(36-48(41,42)30-12-7-6-8-13-30)14-19-33(32)47-27(3)11-9-10-20-46-34(25)23-37(4)49(43,44)31-17-15-29(45-5)16-18-31/h6-8,12-19,21,25-27,34,36,39H,9-11,20,22-24H2,1-5H3/t25-,26-,27-,34-/m0/s1. The van der Waals surface area contributed by atoms with Gasteiger partial charge in [-0.3, -0.25) is 9.52 Å². The fraction of sp³-hybridized carbons (Fsp3) is 0.457. The highest BCUT2D eigenvalue weighted by atomic mass is 32.2. The number of hydrogen-bond acceptors (Lipinski definition) is 9. The lowest BCUT2D eigenvalue weighted by atomic mass is 10.0. The first-order chi connectivity index (χ1) is 23.3. The van der Waals surface area contributed by atoms with Crippen LogP contribution in [0.3, 0.4) is 0 Å². The Morgan fingerprint density at radius 1 is 1.00 bits per heavy atom. The molecule has 4 rings (SSSR count). The molecule has 3 aromatic carbocycles. The summed E-state index contributed by atoms with van der Waals surface area (Å²) >= 11 is 0. The van der Waals surface area contributed by atoms with Crippen molar-refractivity contribution in [1.82, 2.24) is 9.21 Å². The van der Waals surface area contributed by atoms with Crippen molar-refractivity contribution >= 4 is 31.6 Å². The van der Waals surface area contributed by atoms with Gasteiger partial charge in [0.05, 0.1) is 47.3 Å². The largest absolute Gasteiger partial charge is 0.497 e. The molecule has 14 heteroatoms. The number of nitrogens with one attached hydrogen (secondary N) is 1. The second-order valence-electron chi connectivity index (χ2n) is 12.4. The van der Waals surface area contributed by atoms with Gasteiger partial charge in [0, 0.05) is 38.3 Å². The SMILES string of the molecule is COc1ccc(S(=O)(=O)N(C)C[C@@H]2OCCCC[C@H](C)Oc3ccc(NS(=O)(=O)c4ccccc4)cc3C(=O)N([C@@H](C)CO)C[C@@H]2C)cc1. The predicted molar refractivity (Wildman–Crippen MR) is 187 cm³/mol. The van der Waals surface area contributed by atoms with Crippen molar-refractivity contribution in [3.05, 3.63) is 78.4 Å². The van der Waals surface area contributed by atoms with Gasteiger partial charge in [-0.05, 0) is 87.7 Å². The zero-order valence-electron chi connectivity index (χ0n) is 28.6. The first-order valence-electron chi connectivity index (χ1n) is 16.3. The monoisotopic (exact) mass is 717 g/mol. The summed E-state index contributed by atoms with van der Waals surface area (Å²) in [6.45, 7) is 5.63. The third-order valence-corrected chi connectivity index (χ3v) is 11.8. The van der Waals surface area contributed by atoms with Gasteiger partial charge in [-0.15, -0.1) is 0 Å². The summed E-state index contributed by atoms with van der Waals surface area (Å²) in [6, 6.07) is 18.0. The van der Waals surface area contributed by atoms with Crippen molar-refractivity contribution in [3.8, 4) is 11.5 Å². The number of carbonyl (C=O) groups is 1. The molecule has 0 fully saturated rings. The Morgan fingerprint density at radius 2 is 1.69 bits per heavy atom. The van der Waals surface area contributed by atoms with E-state index in [9.17, 15) is 26.7 Å². The predicted octanol–water partition coefficient (Wildman–Crippen LogP) is 4.61. The Morgan fingerprint density at radius 3 is 2.35 bits per heavy atom. The molecule has 12 nitrogen and oxygen atoms in total. The Balaban J connectivity index is 1.66. The van der Waals surface area contributed by atoms with Crippen LogP contribution < -0.4 is 14.2 Å². The Bertz CT molecular complexity index is 1750. The van der Waals surface area contributed by atoms with Crippen LogP contribution in [0.4, 0.5) is 5.69 Å². The van der Waals surface area contributed by atoms with E-state index in [2.05, 4.69) is 4.72 Å². The number of likely N-dealkylation sites (N-methyl/N-ethyl adjacent to an activating group) is 1. The van der Waals surface area contributed by atoms with Gasteiger partial charge in [0.15, 0.2) is 0 Å². The second kappa shape index (κ2) is 16.8. The van der Waals surface area contributed by atoms with Crippen molar-refractivity contribution in [2.45, 2.75) is 68.1 Å². The van der Waals surface area contributed by atoms with E-state index < -0.39 is 38.1 Å². The lowest BCUT2D eigenvalue weighted by Gasteiger charge is -2.35. The van der Waals surface area contributed by atoms with Gasteiger partial charge in [0.1, 0.15) is 11.5 Å². The van der Waals surface area contributed by atoms with E-state index in [0.29, 0.717) is 25.2 Å². The molecule has 3 aromatic rings. The molecule has 0 saturated heterocycles. The van der Waals surface area contributed by atoms with Gasteiger partial charge in [-0.25, -0.2) is 16.8 Å². The number of hydrogen-bond donors (Lipinski definition) is 2. The van der Waals surface area contributed by atoms with Crippen molar-refractivity contribution in [1.29, 1.82) is 0 Å². The fourth-order valence-electron chi connectivity index (χ4n) is 5.54. The molecule has 49 heavy (non-hydrogen) atoms. The maximum Gasteiger partial charge on any atom is 0.261 e. The van der Waals surface area contributed by atoms with Crippen LogP contribution in [0.2, 0.25) is 0 Å². The summed E-state index contributed by atoms with van der Waals surface area (Å²) in [5.41, 5.74) is 0.297. The van der Waals surface area contributed by atoms with Crippen LogP contribution in [0.1, 0.15) is 50.4 Å². The average molecular weight is 718 g/mol. The molecule has 0 spiro atoms. The summed E-state index contributed by atoms with van der Waals surface area (Å²) in [5, 5.41) is 10.2. The topological polar surface area (TPSA) is 152 Å². The Kier molecular flexibility index (Phi) is 13.1. The van der Waals surface area contributed by atoms with Gasteiger partial charge in [-0.1, -0.05) is 25.1 Å². The molecule has 0 bridgehead atoms. The number of carbonyl (C=O) groups excluding carboxylic acids is 1. The van der Waals surface area contributed by atoms with E-state index in [1.54, 1.807) is 49.4 Å². The molecule has 1 amide bonds. The summed E-state index contributed by atoms with van der Waals surface area (Å²) in [4.78, 5) is 16.0. The lowest BCUT2D eigenvalue weighted by molar-refractivity contribution is -0.00833. The van der Waals surface area contributed by atoms with Gasteiger partial charge < -0.3 is 24.2 Å². The van der Waals surface area contributed by atoms with Crippen molar-refractivity contribution in [3.63, 3.8) is 0 Å². The molecule has 0 radical (unpaired) electrons. The minimum Gasteiger partial charge on any atom is -0.497 e. The van der Waals surface area contributed by atoms with Crippen molar-refractivity contribution in [2.24, 2.45) is 5.92 Å². The number of methoxy groups -OCH3 is 1. The zero-order valence-corrected chi connectivity index (χ0v) is 30.2. The van der Waals surface area contributed by atoms with Crippen LogP contribution in [0, 0.1) is 5.92 Å². The zero-order chi connectivity index (χ0) is 35.8. The number of ether oxygens (including phenoxy) is 3. The van der Waals surface area contributed by atoms with Crippen molar-refractivity contribution < 1.29 is 40.9 Å². The van der Waals surface area contributed by atoms with Crippen LogP contribution in [0.15, 0.2) is 82.6 Å². The summed E-state index contributed by atoms with van der Waals surface area (Å²) in [7, 11) is -4.82. The first-order valence-corrected chi connectivity index (χ1v) is 19.2. The molecule has 0 aliphatic carbocycles. The summed E-state index contributed by atoms with van der Waals surface area (Å²) in [5.74, 6) is -0.0312. The number of rotatable bonds is 10. The Hall–Kier alpha value is -3.69. The molecule has 2 N–H and O–H groups in total.